The Labute approximate surface area is 103 Å². The molecule has 17 heavy (non-hydrogen) atoms. The second-order valence-electron chi connectivity index (χ2n) is 3.58. The molecule has 1 N–H and O–H groups in total. The largest absolute Gasteiger partial charge is 0.479 e. The van der Waals surface area contributed by atoms with Gasteiger partial charge >= 0.3 is 6.18 Å². The minimum absolute atomic E-state index is 0.0311. The van der Waals surface area contributed by atoms with Crippen LogP contribution < -0.4 is 10.1 Å². The molecule has 1 aliphatic rings. The van der Waals surface area contributed by atoms with Crippen LogP contribution in [-0.2, 0) is 11.0 Å². The number of fused-ring (bicyclic) bond motifs is 1. The minimum atomic E-state index is -4.48. The summed E-state index contributed by atoms with van der Waals surface area (Å²) in [6, 6.07) is 2.05. The third kappa shape index (κ3) is 2.24. The van der Waals surface area contributed by atoms with Gasteiger partial charge in [0, 0.05) is 4.47 Å². The van der Waals surface area contributed by atoms with Crippen LogP contribution >= 0.6 is 15.9 Å². The Bertz CT molecular complexity index is 487. The summed E-state index contributed by atoms with van der Waals surface area (Å²) in [5.41, 5.74) is -0.821. The first kappa shape index (κ1) is 12.2. The Balaban J connectivity index is 2.51. The predicted octanol–water partition coefficient (Wildman–Crippen LogP) is 3.19. The van der Waals surface area contributed by atoms with E-state index in [0.29, 0.717) is 0 Å². The highest BCUT2D eigenvalue weighted by Gasteiger charge is 2.35. The van der Waals surface area contributed by atoms with Crippen molar-refractivity contribution in [3.63, 3.8) is 0 Å². The lowest BCUT2D eigenvalue weighted by atomic mass is 10.1. The lowest BCUT2D eigenvalue weighted by Crippen LogP contribution is -2.34. The Morgan fingerprint density at radius 2 is 2.06 bits per heavy atom. The zero-order valence-corrected chi connectivity index (χ0v) is 10.1. The Kier molecular flexibility index (Phi) is 2.81. The van der Waals surface area contributed by atoms with Crippen molar-refractivity contribution in [3.8, 4) is 5.75 Å². The van der Waals surface area contributed by atoms with Crippen LogP contribution in [0.25, 0.3) is 0 Å². The normalized spacial score (nSPS) is 19.4. The number of amides is 1. The molecule has 0 unspecified atom stereocenters. The molecule has 0 fully saturated rings. The summed E-state index contributed by atoms with van der Waals surface area (Å²) < 4.78 is 42.9. The maximum Gasteiger partial charge on any atom is 0.417 e. The fourth-order valence-corrected chi connectivity index (χ4v) is 1.99. The fraction of sp³-hybridized carbons (Fsp3) is 0.300. The highest BCUT2D eigenvalue weighted by atomic mass is 79.9. The van der Waals surface area contributed by atoms with Gasteiger partial charge in [0.2, 0.25) is 0 Å². The van der Waals surface area contributed by atoms with E-state index in [-0.39, 0.29) is 15.9 Å². The van der Waals surface area contributed by atoms with Gasteiger partial charge in [-0.2, -0.15) is 13.2 Å². The standard InChI is InChI=1S/C10H7BrF3NO2/c1-4-9(16)15-7-2-5(10(12,13)14)6(11)3-8(7)17-4/h2-4H,1H3,(H,15,16)/t4-/m1/s1. The molecule has 1 aromatic carbocycles. The first-order chi connectivity index (χ1) is 7.79. The second kappa shape index (κ2) is 3.90. The third-order valence-corrected chi connectivity index (χ3v) is 2.96. The highest BCUT2D eigenvalue weighted by Crippen LogP contribution is 2.41. The number of rotatable bonds is 0. The molecule has 0 bridgehead atoms. The number of alkyl halides is 3. The maximum absolute atomic E-state index is 12.6. The van der Waals surface area contributed by atoms with Crippen LogP contribution in [0.3, 0.4) is 0 Å². The molecule has 7 heteroatoms. The summed E-state index contributed by atoms with van der Waals surface area (Å²) in [7, 11) is 0. The smallest absolute Gasteiger partial charge is 0.417 e. The van der Waals surface area contributed by atoms with E-state index >= 15 is 0 Å². The molecule has 0 aromatic heterocycles. The molecule has 0 saturated carbocycles. The first-order valence-corrected chi connectivity index (χ1v) is 5.46. The number of carbonyl (C=O) groups is 1. The molecule has 1 heterocycles. The van der Waals surface area contributed by atoms with Gasteiger partial charge in [0.25, 0.3) is 5.91 Å². The quantitative estimate of drug-likeness (QED) is 0.799. The summed E-state index contributed by atoms with van der Waals surface area (Å²) in [5.74, 6) is -0.245. The van der Waals surface area contributed by atoms with Gasteiger partial charge in [-0.15, -0.1) is 0 Å². The predicted molar refractivity (Wildman–Crippen MR) is 57.9 cm³/mol. The van der Waals surface area contributed by atoms with E-state index < -0.39 is 23.8 Å². The summed E-state index contributed by atoms with van der Waals surface area (Å²) in [4.78, 5) is 11.3. The van der Waals surface area contributed by atoms with Crippen molar-refractivity contribution in [2.45, 2.75) is 19.2 Å². The van der Waals surface area contributed by atoms with E-state index in [0.717, 1.165) is 6.07 Å². The van der Waals surface area contributed by atoms with E-state index in [9.17, 15) is 18.0 Å². The molecule has 3 nitrogen and oxygen atoms in total. The van der Waals surface area contributed by atoms with Gasteiger partial charge in [-0.25, -0.2) is 0 Å². The number of halogens is 4. The van der Waals surface area contributed by atoms with Crippen LogP contribution in [0.2, 0.25) is 0 Å². The first-order valence-electron chi connectivity index (χ1n) is 4.67. The lowest BCUT2D eigenvalue weighted by Gasteiger charge is -2.24. The van der Waals surface area contributed by atoms with Crippen LogP contribution in [0.15, 0.2) is 16.6 Å². The van der Waals surface area contributed by atoms with Crippen LogP contribution in [0, 0.1) is 0 Å². The van der Waals surface area contributed by atoms with E-state index in [4.69, 9.17) is 4.74 Å². The summed E-state index contributed by atoms with van der Waals surface area (Å²) in [5, 5.41) is 2.36. The van der Waals surface area contributed by atoms with E-state index in [1.54, 1.807) is 0 Å². The molecule has 92 valence electrons. The van der Waals surface area contributed by atoms with Crippen molar-refractivity contribution >= 4 is 27.5 Å². The van der Waals surface area contributed by atoms with E-state index in [2.05, 4.69) is 21.2 Å². The van der Waals surface area contributed by atoms with Crippen LogP contribution in [0.5, 0.6) is 5.75 Å². The van der Waals surface area contributed by atoms with Crippen molar-refractivity contribution < 1.29 is 22.7 Å². The lowest BCUT2D eigenvalue weighted by molar-refractivity contribution is -0.138. The SMILES string of the molecule is C[C@H]1Oc2cc(Br)c(C(F)(F)F)cc2NC1=O. The van der Waals surface area contributed by atoms with Crippen LogP contribution in [0.1, 0.15) is 12.5 Å². The Hall–Kier alpha value is -1.24. The van der Waals surface area contributed by atoms with E-state index in [1.165, 1.54) is 13.0 Å². The topological polar surface area (TPSA) is 38.3 Å². The van der Waals surface area contributed by atoms with Crippen molar-refractivity contribution in [1.82, 2.24) is 0 Å². The zero-order chi connectivity index (χ0) is 12.8. The molecule has 1 amide bonds. The number of anilines is 1. The van der Waals surface area contributed by atoms with Gasteiger partial charge in [-0.05, 0) is 19.1 Å². The van der Waals surface area contributed by atoms with Crippen LogP contribution in [0.4, 0.5) is 18.9 Å². The average Bonchev–Trinajstić information content (AvgIpc) is 2.18. The number of nitrogens with one attached hydrogen (secondary N) is 1. The molecule has 0 aliphatic carbocycles. The molecular weight excluding hydrogens is 303 g/mol. The molecule has 0 radical (unpaired) electrons. The molecule has 2 rings (SSSR count). The van der Waals surface area contributed by atoms with E-state index in [1.807, 2.05) is 0 Å². The van der Waals surface area contributed by atoms with Gasteiger partial charge < -0.3 is 10.1 Å². The second-order valence-corrected chi connectivity index (χ2v) is 4.43. The average molecular weight is 310 g/mol. The van der Waals surface area contributed by atoms with Gasteiger partial charge in [0.1, 0.15) is 5.75 Å². The molecule has 1 aromatic rings. The van der Waals surface area contributed by atoms with Crippen molar-refractivity contribution in [2.24, 2.45) is 0 Å². The maximum atomic E-state index is 12.6. The number of benzene rings is 1. The summed E-state index contributed by atoms with van der Waals surface area (Å²) in [6.07, 6.45) is -5.20. The van der Waals surface area contributed by atoms with Gasteiger partial charge in [0.05, 0.1) is 11.3 Å². The fourth-order valence-electron chi connectivity index (χ4n) is 1.45. The van der Waals surface area contributed by atoms with Crippen molar-refractivity contribution in [2.75, 3.05) is 5.32 Å². The van der Waals surface area contributed by atoms with Crippen molar-refractivity contribution in [1.29, 1.82) is 0 Å². The van der Waals surface area contributed by atoms with Crippen molar-refractivity contribution in [3.05, 3.63) is 22.2 Å². The van der Waals surface area contributed by atoms with Crippen LogP contribution in [-0.4, -0.2) is 12.0 Å². The number of hydrogen-bond acceptors (Lipinski definition) is 2. The molecule has 1 aliphatic heterocycles. The minimum Gasteiger partial charge on any atom is -0.479 e. The molecule has 1 atom stereocenters. The summed E-state index contributed by atoms with van der Waals surface area (Å²) in [6.45, 7) is 1.52. The highest BCUT2D eigenvalue weighted by molar-refractivity contribution is 9.10. The number of ether oxygens (including phenoxy) is 1. The monoisotopic (exact) mass is 309 g/mol. The van der Waals surface area contributed by atoms with Gasteiger partial charge in [0.15, 0.2) is 6.10 Å². The summed E-state index contributed by atoms with van der Waals surface area (Å²) >= 11 is 2.83. The molecule has 0 spiro atoms. The Morgan fingerprint density at radius 3 is 2.65 bits per heavy atom. The third-order valence-electron chi connectivity index (χ3n) is 2.31. The zero-order valence-electron chi connectivity index (χ0n) is 8.56. The number of hydrogen-bond donors (Lipinski definition) is 1. The van der Waals surface area contributed by atoms with Gasteiger partial charge in [-0.3, -0.25) is 4.79 Å². The Morgan fingerprint density at radius 1 is 1.41 bits per heavy atom. The molecule has 0 saturated heterocycles. The van der Waals surface area contributed by atoms with Gasteiger partial charge in [-0.1, -0.05) is 15.9 Å². The molecular formula is C10H7BrF3NO2. The number of carbonyl (C=O) groups excluding carboxylic acids is 1.